The van der Waals surface area contributed by atoms with Gasteiger partial charge < -0.3 is 9.64 Å². The summed E-state index contributed by atoms with van der Waals surface area (Å²) in [6.07, 6.45) is 1.03. The van der Waals surface area contributed by atoms with Gasteiger partial charge in [0.1, 0.15) is 5.75 Å². The summed E-state index contributed by atoms with van der Waals surface area (Å²) < 4.78 is 6.71. The largest absolute Gasteiger partial charge is 0.496 e. The van der Waals surface area contributed by atoms with Gasteiger partial charge in [-0.2, -0.15) is 0 Å². The Morgan fingerprint density at radius 3 is 2.75 bits per heavy atom. The van der Waals surface area contributed by atoms with Crippen LogP contribution < -0.4 is 4.74 Å². The van der Waals surface area contributed by atoms with Crippen molar-refractivity contribution in [1.82, 2.24) is 9.88 Å². The molecule has 0 atom stereocenters. The maximum absolute atomic E-state index is 5.68. The molecule has 3 nitrogen and oxygen atoms in total. The summed E-state index contributed by atoms with van der Waals surface area (Å²) in [7, 11) is 3.90. The first-order valence-corrected chi connectivity index (χ1v) is 10.3. The van der Waals surface area contributed by atoms with Crippen molar-refractivity contribution in [2.75, 3.05) is 20.7 Å². The molecular formula is C24H21BrN2O. The monoisotopic (exact) mass is 432 g/mol. The normalized spacial score (nSPS) is 14.4. The van der Waals surface area contributed by atoms with E-state index in [4.69, 9.17) is 9.72 Å². The van der Waals surface area contributed by atoms with Gasteiger partial charge in [0, 0.05) is 28.5 Å². The van der Waals surface area contributed by atoms with Gasteiger partial charge >= 0.3 is 0 Å². The molecular weight excluding hydrogens is 412 g/mol. The smallest absolute Gasteiger partial charge is 0.128 e. The van der Waals surface area contributed by atoms with E-state index in [1.807, 2.05) is 12.1 Å². The van der Waals surface area contributed by atoms with Crippen molar-refractivity contribution in [2.45, 2.75) is 13.0 Å². The van der Waals surface area contributed by atoms with Crippen molar-refractivity contribution >= 4 is 37.6 Å². The fraction of sp³-hybridized carbons (Fsp3) is 0.208. The van der Waals surface area contributed by atoms with Crippen LogP contribution >= 0.6 is 15.9 Å². The highest BCUT2D eigenvalue weighted by molar-refractivity contribution is 9.10. The van der Waals surface area contributed by atoms with E-state index in [0.717, 1.165) is 46.5 Å². The molecule has 4 heteroatoms. The van der Waals surface area contributed by atoms with E-state index in [1.54, 1.807) is 7.11 Å². The molecule has 0 saturated heterocycles. The molecule has 2 heterocycles. The lowest BCUT2D eigenvalue weighted by atomic mass is 9.89. The molecule has 0 fully saturated rings. The summed E-state index contributed by atoms with van der Waals surface area (Å²) in [5, 5.41) is 3.87. The second-order valence-electron chi connectivity index (χ2n) is 7.43. The molecule has 0 spiro atoms. The van der Waals surface area contributed by atoms with Gasteiger partial charge in [0.15, 0.2) is 0 Å². The van der Waals surface area contributed by atoms with Gasteiger partial charge in [-0.25, -0.2) is 4.98 Å². The number of nitrogens with zero attached hydrogens (tertiary/aromatic N) is 2. The average molecular weight is 433 g/mol. The van der Waals surface area contributed by atoms with Gasteiger partial charge in [-0.1, -0.05) is 46.3 Å². The predicted molar refractivity (Wildman–Crippen MR) is 119 cm³/mol. The van der Waals surface area contributed by atoms with Crippen molar-refractivity contribution in [3.05, 3.63) is 70.2 Å². The number of ether oxygens (including phenoxy) is 1. The Balaban J connectivity index is 1.90. The number of hydrogen-bond acceptors (Lipinski definition) is 3. The van der Waals surface area contributed by atoms with Crippen LogP contribution in [0.25, 0.3) is 32.9 Å². The highest BCUT2D eigenvalue weighted by atomic mass is 79.9. The zero-order chi connectivity index (χ0) is 19.3. The summed E-state index contributed by atoms with van der Waals surface area (Å²) in [5.74, 6) is 0.853. The molecule has 4 aromatic rings. The molecule has 0 unspecified atom stereocenters. The summed E-state index contributed by atoms with van der Waals surface area (Å²) >= 11 is 3.62. The number of aromatic nitrogens is 1. The van der Waals surface area contributed by atoms with Crippen molar-refractivity contribution < 1.29 is 4.74 Å². The van der Waals surface area contributed by atoms with E-state index in [0.29, 0.717) is 0 Å². The summed E-state index contributed by atoms with van der Waals surface area (Å²) in [4.78, 5) is 7.54. The molecule has 140 valence electrons. The maximum atomic E-state index is 5.68. The first kappa shape index (κ1) is 17.7. The van der Waals surface area contributed by atoms with Crippen LogP contribution in [0, 0.1) is 0 Å². The van der Waals surface area contributed by atoms with Crippen LogP contribution in [0.5, 0.6) is 5.75 Å². The van der Waals surface area contributed by atoms with Gasteiger partial charge in [-0.05, 0) is 59.6 Å². The Bertz CT molecular complexity index is 1220. The van der Waals surface area contributed by atoms with E-state index in [2.05, 4.69) is 70.3 Å². The Morgan fingerprint density at radius 2 is 1.89 bits per heavy atom. The molecule has 0 aliphatic carbocycles. The number of benzene rings is 3. The minimum atomic E-state index is 0.853. The topological polar surface area (TPSA) is 25.4 Å². The summed E-state index contributed by atoms with van der Waals surface area (Å²) in [6.45, 7) is 1.96. The SMILES string of the molecule is COc1ccc(Br)cc1-c1nc2ccc3ccccc3c2c2c1CN(C)CC2. The van der Waals surface area contributed by atoms with Gasteiger partial charge in [-0.3, -0.25) is 0 Å². The van der Waals surface area contributed by atoms with Crippen molar-refractivity contribution in [3.63, 3.8) is 0 Å². The third-order valence-corrected chi connectivity index (χ3v) is 6.17. The van der Waals surface area contributed by atoms with Crippen LogP contribution in [0.1, 0.15) is 11.1 Å². The van der Waals surface area contributed by atoms with E-state index in [1.165, 1.54) is 27.3 Å². The lowest BCUT2D eigenvalue weighted by Crippen LogP contribution is -2.27. The van der Waals surface area contributed by atoms with Crippen LogP contribution in [0.2, 0.25) is 0 Å². The molecule has 28 heavy (non-hydrogen) atoms. The van der Waals surface area contributed by atoms with Gasteiger partial charge in [0.2, 0.25) is 0 Å². The minimum Gasteiger partial charge on any atom is -0.496 e. The third-order valence-electron chi connectivity index (χ3n) is 5.68. The van der Waals surface area contributed by atoms with Crippen LogP contribution in [0.4, 0.5) is 0 Å². The molecule has 3 aromatic carbocycles. The summed E-state index contributed by atoms with van der Waals surface area (Å²) in [6, 6.07) is 19.1. The second-order valence-corrected chi connectivity index (χ2v) is 8.35. The van der Waals surface area contributed by atoms with E-state index < -0.39 is 0 Å². The molecule has 1 aliphatic heterocycles. The maximum Gasteiger partial charge on any atom is 0.128 e. The fourth-order valence-corrected chi connectivity index (χ4v) is 4.70. The lowest BCUT2D eigenvalue weighted by Gasteiger charge is -2.28. The molecule has 5 rings (SSSR count). The van der Waals surface area contributed by atoms with Crippen LogP contribution in [-0.4, -0.2) is 30.6 Å². The first-order chi connectivity index (χ1) is 13.7. The molecule has 0 radical (unpaired) electrons. The van der Waals surface area contributed by atoms with Crippen LogP contribution in [0.15, 0.2) is 59.1 Å². The molecule has 1 aromatic heterocycles. The number of fused-ring (bicyclic) bond motifs is 5. The van der Waals surface area contributed by atoms with Gasteiger partial charge in [0.05, 0.1) is 18.3 Å². The van der Waals surface area contributed by atoms with Gasteiger partial charge in [-0.15, -0.1) is 0 Å². The average Bonchev–Trinajstić information content (AvgIpc) is 2.72. The van der Waals surface area contributed by atoms with Gasteiger partial charge in [0.25, 0.3) is 0 Å². The molecule has 0 bridgehead atoms. The van der Waals surface area contributed by atoms with Crippen LogP contribution in [0.3, 0.4) is 0 Å². The standard InChI is InChI=1S/C24H21BrN2O/c1-27-12-11-18-20(14-27)24(19-13-16(25)8-10-22(19)28-2)26-21-9-7-15-5-3-4-6-17(15)23(18)21/h3-10,13H,11-12,14H2,1-2H3. The highest BCUT2D eigenvalue weighted by Crippen LogP contribution is 2.40. The number of methoxy groups -OCH3 is 1. The van der Waals surface area contributed by atoms with Crippen molar-refractivity contribution in [3.8, 4) is 17.0 Å². The Labute approximate surface area is 173 Å². The highest BCUT2D eigenvalue weighted by Gasteiger charge is 2.24. The molecule has 0 saturated carbocycles. The number of hydrogen-bond donors (Lipinski definition) is 0. The van der Waals surface area contributed by atoms with Crippen molar-refractivity contribution in [1.29, 1.82) is 0 Å². The zero-order valence-electron chi connectivity index (χ0n) is 16.0. The Kier molecular flexibility index (Phi) is 4.33. The quantitative estimate of drug-likeness (QED) is 0.373. The van der Waals surface area contributed by atoms with E-state index in [-0.39, 0.29) is 0 Å². The molecule has 1 aliphatic rings. The third kappa shape index (κ3) is 2.79. The second kappa shape index (κ2) is 6.87. The number of pyridine rings is 1. The predicted octanol–water partition coefficient (Wildman–Crippen LogP) is 5.81. The Hall–Kier alpha value is -2.43. The van der Waals surface area contributed by atoms with Crippen molar-refractivity contribution in [2.24, 2.45) is 0 Å². The van der Waals surface area contributed by atoms with E-state index in [9.17, 15) is 0 Å². The van der Waals surface area contributed by atoms with E-state index >= 15 is 0 Å². The summed E-state index contributed by atoms with van der Waals surface area (Å²) in [5.41, 5.74) is 5.87. The first-order valence-electron chi connectivity index (χ1n) is 9.51. The van der Waals surface area contributed by atoms with Crippen LogP contribution in [-0.2, 0) is 13.0 Å². The minimum absolute atomic E-state index is 0.853. The Morgan fingerprint density at radius 1 is 1.04 bits per heavy atom. The number of halogens is 1. The molecule has 0 amide bonds. The fourth-order valence-electron chi connectivity index (χ4n) is 4.34. The number of likely N-dealkylation sites (N-methyl/N-ethyl adjacent to an activating group) is 1. The lowest BCUT2D eigenvalue weighted by molar-refractivity contribution is 0.314. The zero-order valence-corrected chi connectivity index (χ0v) is 17.6. The number of rotatable bonds is 2. The molecule has 0 N–H and O–H groups in total.